The van der Waals surface area contributed by atoms with Gasteiger partial charge in [0.25, 0.3) is 0 Å². The summed E-state index contributed by atoms with van der Waals surface area (Å²) in [7, 11) is 0. The van der Waals surface area contributed by atoms with Crippen molar-refractivity contribution in [3.05, 3.63) is 23.8 Å². The maximum Gasteiger partial charge on any atom is 0.226 e. The molecule has 2 N–H and O–H groups in total. The number of anilines is 2. The molecule has 1 aromatic carbocycles. The summed E-state index contributed by atoms with van der Waals surface area (Å²) in [6.07, 6.45) is 1.51. The van der Waals surface area contributed by atoms with Crippen molar-refractivity contribution < 1.29 is 4.79 Å². The van der Waals surface area contributed by atoms with Gasteiger partial charge in [-0.3, -0.25) is 4.79 Å². The van der Waals surface area contributed by atoms with E-state index >= 15 is 0 Å². The van der Waals surface area contributed by atoms with E-state index in [-0.39, 0.29) is 17.4 Å². The zero-order chi connectivity index (χ0) is 13.3. The third-order valence-corrected chi connectivity index (χ3v) is 3.19. The first kappa shape index (κ1) is 12.9. The van der Waals surface area contributed by atoms with Gasteiger partial charge in [-0.1, -0.05) is 32.9 Å². The van der Waals surface area contributed by atoms with Crippen LogP contribution in [-0.2, 0) is 4.79 Å². The number of nitrogens with one attached hydrogen (secondary N) is 2. The van der Waals surface area contributed by atoms with Gasteiger partial charge < -0.3 is 10.6 Å². The molecule has 0 bridgehead atoms. The molecule has 1 atom stereocenters. The molecular weight excluding hydrogens is 224 g/mol. The highest BCUT2D eigenvalue weighted by atomic mass is 16.1. The van der Waals surface area contributed by atoms with Crippen LogP contribution in [0.25, 0.3) is 0 Å². The number of aryl methyl sites for hydroxylation is 1. The number of carbonyl (C=O) groups is 1. The fourth-order valence-corrected chi connectivity index (χ4v) is 2.51. The molecule has 2 rings (SSSR count). The molecule has 0 spiro atoms. The van der Waals surface area contributed by atoms with E-state index in [0.29, 0.717) is 6.42 Å². The van der Waals surface area contributed by atoms with E-state index in [1.165, 1.54) is 5.56 Å². The van der Waals surface area contributed by atoms with Gasteiger partial charge in [-0.15, -0.1) is 0 Å². The Labute approximate surface area is 109 Å². The van der Waals surface area contributed by atoms with Crippen LogP contribution in [0.5, 0.6) is 0 Å². The maximum absolute atomic E-state index is 11.9. The molecule has 98 valence electrons. The van der Waals surface area contributed by atoms with Crippen LogP contribution in [0.2, 0.25) is 0 Å². The number of rotatable bonds is 1. The molecule has 1 heterocycles. The third-order valence-electron chi connectivity index (χ3n) is 3.19. The summed E-state index contributed by atoms with van der Waals surface area (Å²) in [5.41, 5.74) is 3.35. The summed E-state index contributed by atoms with van der Waals surface area (Å²) in [5, 5.41) is 6.51. The fraction of sp³-hybridized carbons (Fsp3) is 0.533. The van der Waals surface area contributed by atoms with E-state index < -0.39 is 0 Å². The van der Waals surface area contributed by atoms with Crippen molar-refractivity contribution in [3.8, 4) is 0 Å². The highest BCUT2D eigenvalue weighted by Gasteiger charge is 2.25. The van der Waals surface area contributed by atoms with Gasteiger partial charge in [0, 0.05) is 12.5 Å². The van der Waals surface area contributed by atoms with Crippen LogP contribution in [0.15, 0.2) is 18.2 Å². The Morgan fingerprint density at radius 3 is 2.72 bits per heavy atom. The summed E-state index contributed by atoms with van der Waals surface area (Å²) >= 11 is 0. The van der Waals surface area contributed by atoms with Gasteiger partial charge in [-0.2, -0.15) is 0 Å². The van der Waals surface area contributed by atoms with Crippen LogP contribution in [-0.4, -0.2) is 11.9 Å². The Balaban J connectivity index is 2.29. The molecule has 0 saturated carbocycles. The van der Waals surface area contributed by atoms with Crippen LogP contribution in [0.3, 0.4) is 0 Å². The fourth-order valence-electron chi connectivity index (χ4n) is 2.51. The van der Waals surface area contributed by atoms with Gasteiger partial charge in [0.15, 0.2) is 0 Å². The number of hydrogen-bond acceptors (Lipinski definition) is 2. The quantitative estimate of drug-likeness (QED) is 0.795. The normalized spacial score (nSPS) is 19.6. The second kappa shape index (κ2) is 4.63. The molecule has 3 heteroatoms. The standard InChI is InChI=1S/C15H22N2O/c1-10-6-5-7-12-14(10)16-11(8-13(18)17-12)9-15(2,3)4/h5-7,11,16H,8-9H2,1-4H3,(H,17,18). The Morgan fingerprint density at radius 2 is 2.06 bits per heavy atom. The van der Waals surface area contributed by atoms with Crippen molar-refractivity contribution in [2.24, 2.45) is 5.41 Å². The number of hydrogen-bond donors (Lipinski definition) is 2. The first-order valence-corrected chi connectivity index (χ1v) is 6.51. The topological polar surface area (TPSA) is 41.1 Å². The predicted molar refractivity (Wildman–Crippen MR) is 75.9 cm³/mol. The third kappa shape index (κ3) is 3.03. The lowest BCUT2D eigenvalue weighted by Crippen LogP contribution is -2.27. The van der Waals surface area contributed by atoms with Gasteiger partial charge >= 0.3 is 0 Å². The average molecular weight is 246 g/mol. The van der Waals surface area contributed by atoms with Gasteiger partial charge in [0.2, 0.25) is 5.91 Å². The van der Waals surface area contributed by atoms with Crippen molar-refractivity contribution >= 4 is 17.3 Å². The Kier molecular flexibility index (Phi) is 3.33. The molecule has 0 aliphatic carbocycles. The zero-order valence-electron chi connectivity index (χ0n) is 11.6. The van der Waals surface area contributed by atoms with Gasteiger partial charge in [-0.25, -0.2) is 0 Å². The number of para-hydroxylation sites is 1. The average Bonchev–Trinajstić information content (AvgIpc) is 2.34. The Hall–Kier alpha value is -1.51. The monoisotopic (exact) mass is 246 g/mol. The highest BCUT2D eigenvalue weighted by molar-refractivity contribution is 5.97. The predicted octanol–water partition coefficient (Wildman–Crippen LogP) is 3.55. The lowest BCUT2D eigenvalue weighted by atomic mass is 9.87. The number of amides is 1. The second-order valence-electron chi connectivity index (χ2n) is 6.36. The minimum Gasteiger partial charge on any atom is -0.380 e. The molecule has 1 aliphatic heterocycles. The largest absolute Gasteiger partial charge is 0.380 e. The zero-order valence-corrected chi connectivity index (χ0v) is 11.6. The maximum atomic E-state index is 11.9. The molecule has 1 amide bonds. The first-order chi connectivity index (χ1) is 8.35. The van der Waals surface area contributed by atoms with E-state index in [1.807, 2.05) is 12.1 Å². The molecule has 0 saturated heterocycles. The highest BCUT2D eigenvalue weighted by Crippen LogP contribution is 2.32. The van der Waals surface area contributed by atoms with Gasteiger partial charge in [0.05, 0.1) is 11.4 Å². The van der Waals surface area contributed by atoms with Gasteiger partial charge in [-0.05, 0) is 30.4 Å². The van der Waals surface area contributed by atoms with Crippen molar-refractivity contribution in [2.45, 2.75) is 46.6 Å². The van der Waals surface area contributed by atoms with Gasteiger partial charge in [0.1, 0.15) is 0 Å². The van der Waals surface area contributed by atoms with Crippen LogP contribution in [0, 0.1) is 12.3 Å². The van der Waals surface area contributed by atoms with Crippen molar-refractivity contribution in [2.75, 3.05) is 10.6 Å². The molecule has 1 aromatic rings. The van der Waals surface area contributed by atoms with Crippen molar-refractivity contribution in [1.29, 1.82) is 0 Å². The van der Waals surface area contributed by atoms with E-state index in [1.54, 1.807) is 0 Å². The molecule has 0 radical (unpaired) electrons. The van der Waals surface area contributed by atoms with Crippen LogP contribution < -0.4 is 10.6 Å². The van der Waals surface area contributed by atoms with Crippen molar-refractivity contribution in [3.63, 3.8) is 0 Å². The smallest absolute Gasteiger partial charge is 0.226 e. The Morgan fingerprint density at radius 1 is 1.33 bits per heavy atom. The first-order valence-electron chi connectivity index (χ1n) is 6.51. The van der Waals surface area contributed by atoms with Crippen LogP contribution in [0.1, 0.15) is 39.2 Å². The minimum absolute atomic E-state index is 0.0982. The molecular formula is C15H22N2O. The number of carbonyl (C=O) groups excluding carboxylic acids is 1. The summed E-state index contributed by atoms with van der Waals surface area (Å²) in [5.74, 6) is 0.0982. The Bertz CT molecular complexity index is 460. The minimum atomic E-state index is 0.0982. The summed E-state index contributed by atoms with van der Waals surface area (Å²) < 4.78 is 0. The summed E-state index contributed by atoms with van der Waals surface area (Å²) in [6.45, 7) is 8.68. The van der Waals surface area contributed by atoms with E-state index in [9.17, 15) is 4.79 Å². The molecule has 1 aliphatic rings. The van der Waals surface area contributed by atoms with E-state index in [4.69, 9.17) is 0 Å². The summed E-state index contributed by atoms with van der Waals surface area (Å²) in [4.78, 5) is 11.9. The molecule has 0 aromatic heterocycles. The molecule has 1 unspecified atom stereocenters. The lowest BCUT2D eigenvalue weighted by Gasteiger charge is -2.26. The molecule has 0 fully saturated rings. The SMILES string of the molecule is Cc1cccc2c1NC(CC(C)(C)C)CC(=O)N2. The molecule has 3 nitrogen and oxygen atoms in total. The number of benzene rings is 1. The summed E-state index contributed by atoms with van der Waals surface area (Å²) in [6, 6.07) is 6.19. The number of fused-ring (bicyclic) bond motifs is 1. The van der Waals surface area contributed by atoms with E-state index in [2.05, 4.69) is 44.4 Å². The van der Waals surface area contributed by atoms with E-state index in [0.717, 1.165) is 17.8 Å². The molecule has 18 heavy (non-hydrogen) atoms. The van der Waals surface area contributed by atoms with Crippen LogP contribution >= 0.6 is 0 Å². The van der Waals surface area contributed by atoms with Crippen molar-refractivity contribution in [1.82, 2.24) is 0 Å². The lowest BCUT2D eigenvalue weighted by molar-refractivity contribution is -0.116. The van der Waals surface area contributed by atoms with Crippen LogP contribution in [0.4, 0.5) is 11.4 Å². The second-order valence-corrected chi connectivity index (χ2v) is 6.36.